The van der Waals surface area contributed by atoms with Crippen molar-refractivity contribution in [2.75, 3.05) is 5.32 Å². The van der Waals surface area contributed by atoms with Gasteiger partial charge in [0.2, 0.25) is 11.8 Å². The van der Waals surface area contributed by atoms with Gasteiger partial charge in [-0.05, 0) is 55.0 Å². The molecule has 1 fully saturated rings. The monoisotopic (exact) mass is 409 g/mol. The summed E-state index contributed by atoms with van der Waals surface area (Å²) in [5.41, 5.74) is 6.11. The summed E-state index contributed by atoms with van der Waals surface area (Å²) in [6, 6.07) is 12.1. The van der Waals surface area contributed by atoms with E-state index in [1.54, 1.807) is 0 Å². The van der Waals surface area contributed by atoms with Gasteiger partial charge in [-0.2, -0.15) is 0 Å². The van der Waals surface area contributed by atoms with Gasteiger partial charge in [-0.1, -0.05) is 55.9 Å². The van der Waals surface area contributed by atoms with Gasteiger partial charge in [0.25, 0.3) is 0 Å². The van der Waals surface area contributed by atoms with Gasteiger partial charge in [0.15, 0.2) is 5.17 Å². The van der Waals surface area contributed by atoms with Gasteiger partial charge in [0, 0.05) is 12.1 Å². The number of para-hydroxylation sites is 1. The number of benzene rings is 2. The van der Waals surface area contributed by atoms with Gasteiger partial charge in [-0.3, -0.25) is 9.59 Å². The van der Waals surface area contributed by atoms with Gasteiger partial charge in [-0.25, -0.2) is 4.99 Å². The molecule has 0 spiro atoms. The number of nitrogens with zero attached hydrogens (tertiary/aromatic N) is 1. The molecule has 1 heterocycles. The zero-order chi connectivity index (χ0) is 21.0. The molecule has 152 valence electrons. The van der Waals surface area contributed by atoms with Crippen LogP contribution >= 0.6 is 11.8 Å². The molecule has 6 heteroatoms. The van der Waals surface area contributed by atoms with Crippen LogP contribution in [0.1, 0.15) is 42.5 Å². The number of aryl methyl sites for hydroxylation is 4. The first kappa shape index (κ1) is 21.1. The van der Waals surface area contributed by atoms with Crippen molar-refractivity contribution in [3.8, 4) is 0 Å². The summed E-state index contributed by atoms with van der Waals surface area (Å²) in [7, 11) is 0. The van der Waals surface area contributed by atoms with Gasteiger partial charge in [0.1, 0.15) is 5.25 Å². The summed E-state index contributed by atoms with van der Waals surface area (Å²) >= 11 is 1.33. The predicted octanol–water partition coefficient (Wildman–Crippen LogP) is 4.68. The Bertz CT molecular complexity index is 946. The van der Waals surface area contributed by atoms with E-state index in [9.17, 15) is 9.59 Å². The van der Waals surface area contributed by atoms with Crippen LogP contribution in [-0.4, -0.2) is 22.2 Å². The molecule has 0 radical (unpaired) electrons. The van der Waals surface area contributed by atoms with E-state index in [-0.39, 0.29) is 18.2 Å². The number of amidine groups is 1. The third-order valence-corrected chi connectivity index (χ3v) is 6.07. The van der Waals surface area contributed by atoms with E-state index in [4.69, 9.17) is 4.99 Å². The zero-order valence-electron chi connectivity index (χ0n) is 17.3. The van der Waals surface area contributed by atoms with Crippen molar-refractivity contribution in [1.29, 1.82) is 0 Å². The maximum Gasteiger partial charge on any atom is 0.240 e. The summed E-state index contributed by atoms with van der Waals surface area (Å²) in [5, 5.41) is 5.86. The van der Waals surface area contributed by atoms with Gasteiger partial charge < -0.3 is 10.6 Å². The number of aliphatic imine (C=N–C) groups is 1. The van der Waals surface area contributed by atoms with Crippen molar-refractivity contribution < 1.29 is 9.59 Å². The Morgan fingerprint density at radius 1 is 1.14 bits per heavy atom. The quantitative estimate of drug-likeness (QED) is 0.728. The minimum atomic E-state index is -0.474. The van der Waals surface area contributed by atoms with Crippen LogP contribution in [0, 0.1) is 13.8 Å². The third kappa shape index (κ3) is 5.07. The molecule has 5 nitrogen and oxygen atoms in total. The van der Waals surface area contributed by atoms with Crippen LogP contribution in [0.15, 0.2) is 41.4 Å². The predicted molar refractivity (Wildman–Crippen MR) is 121 cm³/mol. The van der Waals surface area contributed by atoms with Crippen LogP contribution < -0.4 is 10.6 Å². The Hall–Kier alpha value is -2.60. The lowest BCUT2D eigenvalue weighted by Crippen LogP contribution is -2.28. The smallest absolute Gasteiger partial charge is 0.240 e. The average molecular weight is 410 g/mol. The Morgan fingerprint density at radius 3 is 2.48 bits per heavy atom. The molecule has 3 rings (SSSR count). The molecule has 1 aliphatic heterocycles. The minimum Gasteiger partial charge on any atom is -0.326 e. The van der Waals surface area contributed by atoms with E-state index in [1.807, 2.05) is 38.1 Å². The lowest BCUT2D eigenvalue weighted by Gasteiger charge is -2.11. The fourth-order valence-electron chi connectivity index (χ4n) is 3.29. The molecule has 1 atom stereocenters. The standard InChI is InChI=1S/C23H27N3O2S/c1-5-16-8-7-9-17(6-2)21(16)25-23-26-22(28)19(29-23)13-20(27)24-18-12-14(3)10-11-15(18)4/h7-12,19H,5-6,13H2,1-4H3,(H,24,27)(H,25,26,28)/t19-/m0/s1. The molecule has 0 unspecified atom stereocenters. The highest BCUT2D eigenvalue weighted by Gasteiger charge is 2.32. The van der Waals surface area contributed by atoms with Crippen LogP contribution in [-0.2, 0) is 22.4 Å². The number of carbonyl (C=O) groups is 2. The number of rotatable bonds is 6. The molecule has 0 bridgehead atoms. The van der Waals surface area contributed by atoms with Gasteiger partial charge >= 0.3 is 0 Å². The van der Waals surface area contributed by atoms with Gasteiger partial charge in [-0.15, -0.1) is 0 Å². The second-order valence-corrected chi connectivity index (χ2v) is 8.41. The molecule has 0 saturated carbocycles. The summed E-state index contributed by atoms with van der Waals surface area (Å²) in [5.74, 6) is -0.340. The largest absolute Gasteiger partial charge is 0.326 e. The Balaban J connectivity index is 1.72. The number of thioether (sulfide) groups is 1. The van der Waals surface area contributed by atoms with E-state index in [0.717, 1.165) is 46.5 Å². The fraction of sp³-hybridized carbons (Fsp3) is 0.348. The van der Waals surface area contributed by atoms with E-state index < -0.39 is 5.25 Å². The molecule has 1 saturated heterocycles. The lowest BCUT2D eigenvalue weighted by molar-refractivity contribution is -0.122. The molecule has 0 aliphatic carbocycles. The average Bonchev–Trinajstić information content (AvgIpc) is 3.03. The number of carbonyl (C=O) groups excluding carboxylic acids is 2. The first-order valence-corrected chi connectivity index (χ1v) is 10.8. The molecule has 2 amide bonds. The fourth-order valence-corrected chi connectivity index (χ4v) is 4.27. The number of hydrogen-bond acceptors (Lipinski definition) is 4. The Labute approximate surface area is 176 Å². The van der Waals surface area contributed by atoms with Crippen molar-refractivity contribution in [2.24, 2.45) is 4.99 Å². The van der Waals surface area contributed by atoms with Crippen molar-refractivity contribution in [3.63, 3.8) is 0 Å². The number of hydrogen-bond donors (Lipinski definition) is 2. The van der Waals surface area contributed by atoms with E-state index in [2.05, 4.69) is 36.6 Å². The summed E-state index contributed by atoms with van der Waals surface area (Å²) in [6.07, 6.45) is 1.86. The van der Waals surface area contributed by atoms with Crippen LogP contribution in [0.25, 0.3) is 0 Å². The van der Waals surface area contributed by atoms with Crippen molar-refractivity contribution in [1.82, 2.24) is 5.32 Å². The van der Waals surface area contributed by atoms with Crippen molar-refractivity contribution in [2.45, 2.75) is 52.2 Å². The zero-order valence-corrected chi connectivity index (χ0v) is 18.2. The summed E-state index contributed by atoms with van der Waals surface area (Å²) in [6.45, 7) is 8.13. The molecule has 29 heavy (non-hydrogen) atoms. The van der Waals surface area contributed by atoms with E-state index in [0.29, 0.717) is 5.17 Å². The normalized spacial score (nSPS) is 17.4. The number of anilines is 1. The first-order valence-electron chi connectivity index (χ1n) is 9.95. The molecule has 0 aromatic heterocycles. The third-order valence-electron chi connectivity index (χ3n) is 4.99. The maximum absolute atomic E-state index is 12.5. The van der Waals surface area contributed by atoms with Crippen LogP contribution in [0.5, 0.6) is 0 Å². The highest BCUT2D eigenvalue weighted by molar-refractivity contribution is 8.15. The van der Waals surface area contributed by atoms with Crippen LogP contribution in [0.4, 0.5) is 11.4 Å². The highest BCUT2D eigenvalue weighted by Crippen LogP contribution is 2.30. The minimum absolute atomic E-state index is 0.110. The van der Waals surface area contributed by atoms with Crippen LogP contribution in [0.3, 0.4) is 0 Å². The summed E-state index contributed by atoms with van der Waals surface area (Å²) in [4.78, 5) is 29.6. The number of nitrogens with one attached hydrogen (secondary N) is 2. The molecular formula is C23H27N3O2S. The Morgan fingerprint density at radius 2 is 1.83 bits per heavy atom. The first-order chi connectivity index (χ1) is 13.9. The topological polar surface area (TPSA) is 70.6 Å². The highest BCUT2D eigenvalue weighted by atomic mass is 32.2. The second kappa shape index (κ2) is 9.27. The van der Waals surface area contributed by atoms with E-state index in [1.165, 1.54) is 11.8 Å². The molecule has 1 aliphatic rings. The van der Waals surface area contributed by atoms with Crippen molar-refractivity contribution in [3.05, 3.63) is 58.7 Å². The van der Waals surface area contributed by atoms with Crippen molar-refractivity contribution >= 4 is 40.1 Å². The summed E-state index contributed by atoms with van der Waals surface area (Å²) < 4.78 is 0. The molecular weight excluding hydrogens is 382 g/mol. The van der Waals surface area contributed by atoms with E-state index >= 15 is 0 Å². The second-order valence-electron chi connectivity index (χ2n) is 7.22. The number of amides is 2. The SMILES string of the molecule is CCc1cccc(CC)c1N=C1NC(=O)[C@H](CC(=O)Nc2cc(C)ccc2C)S1. The molecule has 2 aromatic rings. The maximum atomic E-state index is 12.5. The molecule has 2 aromatic carbocycles. The van der Waals surface area contributed by atoms with Crippen LogP contribution in [0.2, 0.25) is 0 Å². The van der Waals surface area contributed by atoms with Gasteiger partial charge in [0.05, 0.1) is 5.69 Å². The molecule has 2 N–H and O–H groups in total. The lowest BCUT2D eigenvalue weighted by atomic mass is 10.0. The Kier molecular flexibility index (Phi) is 6.75.